The molecule has 0 bridgehead atoms. The Bertz CT molecular complexity index is 254. The Balaban J connectivity index is 1.74. The lowest BCUT2D eigenvalue weighted by Crippen LogP contribution is -2.41. The molecule has 0 aromatic carbocycles. The van der Waals surface area contributed by atoms with Crippen LogP contribution in [0.5, 0.6) is 0 Å². The predicted molar refractivity (Wildman–Crippen MR) is 66.6 cm³/mol. The number of piperidine rings is 1. The standard InChI is InChI=1S/C13H24N2O2/c1-10(16)12-3-6-15(7-4-12)13(17)8-11-2-5-14-9-11/h10-12,14,16H,2-9H2,1H3. The Morgan fingerprint density at radius 2 is 2.12 bits per heavy atom. The maximum Gasteiger partial charge on any atom is 0.222 e. The molecule has 98 valence electrons. The van der Waals surface area contributed by atoms with Gasteiger partial charge in [-0.05, 0) is 51.1 Å². The number of hydrogen-bond acceptors (Lipinski definition) is 3. The molecule has 2 rings (SSSR count). The van der Waals surface area contributed by atoms with E-state index in [1.54, 1.807) is 0 Å². The van der Waals surface area contributed by atoms with Crippen LogP contribution in [-0.2, 0) is 4.79 Å². The first kappa shape index (κ1) is 12.8. The number of rotatable bonds is 3. The monoisotopic (exact) mass is 240 g/mol. The van der Waals surface area contributed by atoms with E-state index < -0.39 is 0 Å². The fraction of sp³-hybridized carbons (Fsp3) is 0.923. The van der Waals surface area contributed by atoms with Gasteiger partial charge < -0.3 is 15.3 Å². The van der Waals surface area contributed by atoms with Gasteiger partial charge in [0.2, 0.25) is 5.91 Å². The second kappa shape index (κ2) is 5.83. The molecule has 2 N–H and O–H groups in total. The van der Waals surface area contributed by atoms with Crippen molar-refractivity contribution in [1.29, 1.82) is 0 Å². The van der Waals surface area contributed by atoms with Gasteiger partial charge in [-0.2, -0.15) is 0 Å². The summed E-state index contributed by atoms with van der Waals surface area (Å²) in [4.78, 5) is 14.0. The van der Waals surface area contributed by atoms with Crippen molar-refractivity contribution < 1.29 is 9.90 Å². The van der Waals surface area contributed by atoms with Crippen LogP contribution >= 0.6 is 0 Å². The van der Waals surface area contributed by atoms with Crippen LogP contribution in [0.4, 0.5) is 0 Å². The summed E-state index contributed by atoms with van der Waals surface area (Å²) >= 11 is 0. The molecule has 1 amide bonds. The van der Waals surface area contributed by atoms with E-state index in [9.17, 15) is 9.90 Å². The normalized spacial score (nSPS) is 28.4. The molecular weight excluding hydrogens is 216 g/mol. The Kier molecular flexibility index (Phi) is 4.40. The lowest BCUT2D eigenvalue weighted by Gasteiger charge is -2.33. The average Bonchev–Trinajstić information content (AvgIpc) is 2.82. The number of nitrogens with zero attached hydrogens (tertiary/aromatic N) is 1. The number of carbonyl (C=O) groups is 1. The van der Waals surface area contributed by atoms with Crippen molar-refractivity contribution >= 4 is 5.91 Å². The van der Waals surface area contributed by atoms with Crippen molar-refractivity contribution in [1.82, 2.24) is 10.2 Å². The fourth-order valence-corrected chi connectivity index (χ4v) is 2.90. The van der Waals surface area contributed by atoms with Crippen LogP contribution in [0.25, 0.3) is 0 Å². The molecule has 2 unspecified atom stereocenters. The van der Waals surface area contributed by atoms with E-state index in [1.807, 2.05) is 11.8 Å². The van der Waals surface area contributed by atoms with E-state index >= 15 is 0 Å². The van der Waals surface area contributed by atoms with Crippen molar-refractivity contribution in [2.24, 2.45) is 11.8 Å². The molecule has 17 heavy (non-hydrogen) atoms. The maximum absolute atomic E-state index is 12.1. The first-order valence-corrected chi connectivity index (χ1v) is 6.83. The Labute approximate surface area is 103 Å². The number of likely N-dealkylation sites (tertiary alicyclic amines) is 1. The van der Waals surface area contributed by atoms with Crippen molar-refractivity contribution in [2.45, 2.75) is 38.7 Å². The number of amides is 1. The summed E-state index contributed by atoms with van der Waals surface area (Å²) < 4.78 is 0. The van der Waals surface area contributed by atoms with Crippen molar-refractivity contribution in [2.75, 3.05) is 26.2 Å². The molecule has 0 spiro atoms. The van der Waals surface area contributed by atoms with E-state index in [1.165, 1.54) is 0 Å². The minimum atomic E-state index is -0.230. The van der Waals surface area contributed by atoms with Crippen LogP contribution in [-0.4, -0.2) is 48.2 Å². The molecule has 0 aliphatic carbocycles. The SMILES string of the molecule is CC(O)C1CCN(C(=O)CC2CCNC2)CC1. The lowest BCUT2D eigenvalue weighted by molar-refractivity contribution is -0.134. The summed E-state index contributed by atoms with van der Waals surface area (Å²) in [5.74, 6) is 1.23. The van der Waals surface area contributed by atoms with Gasteiger partial charge in [-0.15, -0.1) is 0 Å². The number of hydrogen-bond donors (Lipinski definition) is 2. The van der Waals surface area contributed by atoms with E-state index in [0.717, 1.165) is 45.4 Å². The number of aliphatic hydroxyl groups excluding tert-OH is 1. The summed E-state index contributed by atoms with van der Waals surface area (Å²) in [7, 11) is 0. The molecule has 0 aromatic heterocycles. The van der Waals surface area contributed by atoms with Crippen LogP contribution in [0.1, 0.15) is 32.6 Å². The minimum absolute atomic E-state index is 0.230. The van der Waals surface area contributed by atoms with E-state index in [-0.39, 0.29) is 6.10 Å². The van der Waals surface area contributed by atoms with Crippen LogP contribution < -0.4 is 5.32 Å². The summed E-state index contributed by atoms with van der Waals surface area (Å²) in [6.45, 7) is 5.56. The molecule has 2 aliphatic rings. The van der Waals surface area contributed by atoms with Gasteiger partial charge in [-0.25, -0.2) is 0 Å². The first-order valence-electron chi connectivity index (χ1n) is 6.83. The molecule has 2 atom stereocenters. The molecular formula is C13H24N2O2. The predicted octanol–water partition coefficient (Wildman–Crippen LogP) is 0.605. The van der Waals surface area contributed by atoms with Crippen molar-refractivity contribution in [3.05, 3.63) is 0 Å². The zero-order chi connectivity index (χ0) is 12.3. The lowest BCUT2D eigenvalue weighted by atomic mass is 9.91. The van der Waals surface area contributed by atoms with Gasteiger partial charge in [0.05, 0.1) is 6.10 Å². The highest BCUT2D eigenvalue weighted by Gasteiger charge is 2.27. The zero-order valence-corrected chi connectivity index (χ0v) is 10.7. The highest BCUT2D eigenvalue weighted by atomic mass is 16.3. The van der Waals surface area contributed by atoms with Crippen molar-refractivity contribution in [3.8, 4) is 0 Å². The zero-order valence-electron chi connectivity index (χ0n) is 10.7. The van der Waals surface area contributed by atoms with Gasteiger partial charge in [0.25, 0.3) is 0 Å². The molecule has 0 radical (unpaired) electrons. The van der Waals surface area contributed by atoms with Gasteiger partial charge in [0.1, 0.15) is 0 Å². The van der Waals surface area contributed by atoms with E-state index in [2.05, 4.69) is 5.32 Å². The topological polar surface area (TPSA) is 52.6 Å². The number of carbonyl (C=O) groups excluding carboxylic acids is 1. The minimum Gasteiger partial charge on any atom is -0.393 e. The highest BCUT2D eigenvalue weighted by Crippen LogP contribution is 2.22. The summed E-state index contributed by atoms with van der Waals surface area (Å²) in [6, 6.07) is 0. The molecule has 2 fully saturated rings. The number of aliphatic hydroxyl groups is 1. The third-order valence-electron chi connectivity index (χ3n) is 4.20. The third-order valence-corrected chi connectivity index (χ3v) is 4.20. The quantitative estimate of drug-likeness (QED) is 0.760. The molecule has 4 heteroatoms. The number of nitrogens with one attached hydrogen (secondary N) is 1. The average molecular weight is 240 g/mol. The Morgan fingerprint density at radius 1 is 1.41 bits per heavy atom. The van der Waals surface area contributed by atoms with Gasteiger partial charge in [-0.1, -0.05) is 0 Å². The summed E-state index contributed by atoms with van der Waals surface area (Å²) in [6.07, 6.45) is 3.51. The summed E-state index contributed by atoms with van der Waals surface area (Å²) in [5, 5.41) is 12.8. The molecule has 2 heterocycles. The first-order chi connectivity index (χ1) is 8.16. The van der Waals surface area contributed by atoms with Crippen LogP contribution in [0.2, 0.25) is 0 Å². The van der Waals surface area contributed by atoms with Crippen LogP contribution in [0.3, 0.4) is 0 Å². The largest absolute Gasteiger partial charge is 0.393 e. The van der Waals surface area contributed by atoms with Gasteiger partial charge in [0, 0.05) is 19.5 Å². The van der Waals surface area contributed by atoms with Crippen LogP contribution in [0.15, 0.2) is 0 Å². The van der Waals surface area contributed by atoms with Crippen molar-refractivity contribution in [3.63, 3.8) is 0 Å². The van der Waals surface area contributed by atoms with Gasteiger partial charge >= 0.3 is 0 Å². The van der Waals surface area contributed by atoms with Gasteiger partial charge in [-0.3, -0.25) is 4.79 Å². The molecule has 2 saturated heterocycles. The van der Waals surface area contributed by atoms with Crippen LogP contribution in [0, 0.1) is 11.8 Å². The second-order valence-electron chi connectivity index (χ2n) is 5.52. The summed E-state index contributed by atoms with van der Waals surface area (Å²) in [5.41, 5.74) is 0. The Hall–Kier alpha value is -0.610. The molecule has 2 aliphatic heterocycles. The molecule has 0 saturated carbocycles. The maximum atomic E-state index is 12.1. The molecule has 0 aromatic rings. The smallest absolute Gasteiger partial charge is 0.222 e. The van der Waals surface area contributed by atoms with E-state index in [0.29, 0.717) is 24.2 Å². The highest BCUT2D eigenvalue weighted by molar-refractivity contribution is 5.76. The molecule has 4 nitrogen and oxygen atoms in total. The van der Waals surface area contributed by atoms with E-state index in [4.69, 9.17) is 0 Å². The Morgan fingerprint density at radius 3 is 2.65 bits per heavy atom. The fourth-order valence-electron chi connectivity index (χ4n) is 2.90. The second-order valence-corrected chi connectivity index (χ2v) is 5.52. The third kappa shape index (κ3) is 3.42. The van der Waals surface area contributed by atoms with Gasteiger partial charge in [0.15, 0.2) is 0 Å².